The van der Waals surface area contributed by atoms with Gasteiger partial charge in [-0.3, -0.25) is 9.59 Å². The summed E-state index contributed by atoms with van der Waals surface area (Å²) < 4.78 is 11.3. The summed E-state index contributed by atoms with van der Waals surface area (Å²) in [6, 6.07) is 9.87. The Balaban J connectivity index is 2.00. The molecule has 31 heavy (non-hydrogen) atoms. The fraction of sp³-hybridized carbons (Fsp3) is 0.417. The van der Waals surface area contributed by atoms with Crippen molar-refractivity contribution in [3.8, 4) is 5.75 Å². The zero-order valence-electron chi connectivity index (χ0n) is 18.6. The summed E-state index contributed by atoms with van der Waals surface area (Å²) in [5.41, 5.74) is 0.737. The molecule has 0 fully saturated rings. The van der Waals surface area contributed by atoms with Crippen LogP contribution in [0.3, 0.4) is 0 Å². The first-order valence-electron chi connectivity index (χ1n) is 10.6. The van der Waals surface area contributed by atoms with E-state index < -0.39 is 23.5 Å². The Bertz CT molecular complexity index is 976. The Hall–Kier alpha value is -3.06. The van der Waals surface area contributed by atoms with Crippen LogP contribution in [-0.4, -0.2) is 60.4 Å². The molecule has 0 saturated carbocycles. The number of aliphatic hydroxyl groups is 1. The first-order valence-corrected chi connectivity index (χ1v) is 10.6. The average molecular weight is 427 g/mol. The minimum Gasteiger partial charge on any atom is -0.503 e. The maximum Gasteiger partial charge on any atom is 0.290 e. The normalized spacial score (nSPS) is 16.5. The molecule has 2 heterocycles. The highest BCUT2D eigenvalue weighted by Gasteiger charge is 2.44. The Labute approximate surface area is 182 Å². The largest absolute Gasteiger partial charge is 0.503 e. The highest BCUT2D eigenvalue weighted by atomic mass is 16.5. The molecule has 0 bridgehead atoms. The standard InChI is InChI=1S/C24H30N2O5/c1-5-6-14-30-18-9-7-8-17(15-18)21-20(22(27)19-11-10-16(2)31-19)23(28)24(29)26(21)13-12-25(3)4/h7-11,15,21,28H,5-6,12-14H2,1-4H3. The Morgan fingerprint density at radius 3 is 2.68 bits per heavy atom. The van der Waals surface area contributed by atoms with Crippen molar-refractivity contribution in [1.82, 2.24) is 9.80 Å². The van der Waals surface area contributed by atoms with E-state index in [1.54, 1.807) is 19.1 Å². The number of amides is 1. The van der Waals surface area contributed by atoms with Gasteiger partial charge in [0.1, 0.15) is 11.5 Å². The molecule has 7 nitrogen and oxygen atoms in total. The minimum absolute atomic E-state index is 0.0313. The lowest BCUT2D eigenvalue weighted by Gasteiger charge is -2.28. The Morgan fingerprint density at radius 1 is 1.26 bits per heavy atom. The van der Waals surface area contributed by atoms with Crippen LogP contribution in [0.1, 0.15) is 47.7 Å². The Kier molecular flexibility index (Phi) is 7.17. The van der Waals surface area contributed by atoms with Crippen LogP contribution in [0.5, 0.6) is 5.75 Å². The predicted molar refractivity (Wildman–Crippen MR) is 117 cm³/mol. The van der Waals surface area contributed by atoms with E-state index in [-0.39, 0.29) is 11.3 Å². The van der Waals surface area contributed by atoms with E-state index in [1.165, 1.54) is 4.90 Å². The van der Waals surface area contributed by atoms with Crippen molar-refractivity contribution >= 4 is 11.7 Å². The summed E-state index contributed by atoms with van der Waals surface area (Å²) in [6.07, 6.45) is 1.95. The van der Waals surface area contributed by atoms with Gasteiger partial charge in [-0.1, -0.05) is 25.5 Å². The van der Waals surface area contributed by atoms with Crippen LogP contribution >= 0.6 is 0 Å². The number of ether oxygens (including phenoxy) is 1. The monoisotopic (exact) mass is 426 g/mol. The van der Waals surface area contributed by atoms with Crippen molar-refractivity contribution in [2.24, 2.45) is 0 Å². The SMILES string of the molecule is CCCCOc1cccc(C2C(C(=O)c3ccc(C)o3)=C(O)C(=O)N2CCN(C)C)c1. The van der Waals surface area contributed by atoms with E-state index in [0.717, 1.165) is 12.8 Å². The average Bonchev–Trinajstić information content (AvgIpc) is 3.28. The van der Waals surface area contributed by atoms with E-state index in [2.05, 4.69) is 6.92 Å². The molecule has 1 unspecified atom stereocenters. The molecule has 3 rings (SSSR count). The topological polar surface area (TPSA) is 83.2 Å². The molecule has 0 saturated heterocycles. The van der Waals surface area contributed by atoms with E-state index in [4.69, 9.17) is 9.15 Å². The second-order valence-corrected chi connectivity index (χ2v) is 7.98. The zero-order chi connectivity index (χ0) is 22.5. The van der Waals surface area contributed by atoms with Crippen LogP contribution in [0, 0.1) is 6.92 Å². The second-order valence-electron chi connectivity index (χ2n) is 7.98. The summed E-state index contributed by atoms with van der Waals surface area (Å²) in [4.78, 5) is 29.7. The van der Waals surface area contributed by atoms with E-state index in [1.807, 2.05) is 43.3 Å². The van der Waals surface area contributed by atoms with Crippen LogP contribution in [0.4, 0.5) is 0 Å². The van der Waals surface area contributed by atoms with Crippen molar-refractivity contribution in [1.29, 1.82) is 0 Å². The summed E-state index contributed by atoms with van der Waals surface area (Å²) in [6.45, 7) is 5.36. The first kappa shape index (κ1) is 22.6. The molecule has 1 N–H and O–H groups in total. The quantitative estimate of drug-likeness (QED) is 0.458. The molecule has 1 amide bonds. The highest BCUT2D eigenvalue weighted by Crippen LogP contribution is 2.39. The van der Waals surface area contributed by atoms with Gasteiger partial charge in [-0.2, -0.15) is 0 Å². The number of nitrogens with zero attached hydrogens (tertiary/aromatic N) is 2. The number of carbonyl (C=O) groups excluding carboxylic acids is 2. The lowest BCUT2D eigenvalue weighted by Crippen LogP contribution is -2.36. The molecule has 1 atom stereocenters. The summed E-state index contributed by atoms with van der Waals surface area (Å²) >= 11 is 0. The fourth-order valence-corrected chi connectivity index (χ4v) is 3.57. The third-order valence-electron chi connectivity index (χ3n) is 5.24. The van der Waals surface area contributed by atoms with Gasteiger partial charge < -0.3 is 24.1 Å². The number of rotatable bonds is 10. The number of aliphatic hydroxyl groups excluding tert-OH is 1. The molecular formula is C24H30N2O5. The van der Waals surface area contributed by atoms with Gasteiger partial charge in [0.25, 0.3) is 5.91 Å². The molecule has 2 aromatic rings. The van der Waals surface area contributed by atoms with E-state index in [9.17, 15) is 14.7 Å². The predicted octanol–water partition coefficient (Wildman–Crippen LogP) is 3.91. The van der Waals surface area contributed by atoms with Crippen LogP contribution < -0.4 is 4.74 Å². The van der Waals surface area contributed by atoms with Gasteiger partial charge in [0.2, 0.25) is 5.78 Å². The molecule has 7 heteroatoms. The molecular weight excluding hydrogens is 396 g/mol. The van der Waals surface area contributed by atoms with Crippen molar-refractivity contribution in [3.05, 3.63) is 64.8 Å². The smallest absolute Gasteiger partial charge is 0.290 e. The first-order chi connectivity index (χ1) is 14.8. The molecule has 1 aliphatic rings. The van der Waals surface area contributed by atoms with Crippen molar-refractivity contribution in [3.63, 3.8) is 0 Å². The number of Topliss-reactive ketones (excluding diaryl/α,β-unsaturated/α-hetero) is 1. The molecule has 1 aromatic heterocycles. The molecule has 1 aliphatic heterocycles. The number of aryl methyl sites for hydroxylation is 1. The van der Waals surface area contributed by atoms with Gasteiger partial charge >= 0.3 is 0 Å². The number of hydrogen-bond donors (Lipinski definition) is 1. The number of carbonyl (C=O) groups is 2. The Morgan fingerprint density at radius 2 is 2.03 bits per heavy atom. The summed E-state index contributed by atoms with van der Waals surface area (Å²) in [5, 5.41) is 10.7. The van der Waals surface area contributed by atoms with Gasteiger partial charge in [-0.05, 0) is 57.3 Å². The molecule has 0 aliphatic carbocycles. The van der Waals surface area contributed by atoms with Gasteiger partial charge in [0.05, 0.1) is 18.2 Å². The van der Waals surface area contributed by atoms with Crippen LogP contribution in [0.2, 0.25) is 0 Å². The van der Waals surface area contributed by atoms with Gasteiger partial charge in [0, 0.05) is 13.1 Å². The van der Waals surface area contributed by atoms with E-state index in [0.29, 0.717) is 36.8 Å². The number of likely N-dealkylation sites (N-methyl/N-ethyl adjacent to an activating group) is 1. The minimum atomic E-state index is -0.722. The lowest BCUT2D eigenvalue weighted by molar-refractivity contribution is -0.129. The molecule has 1 aromatic carbocycles. The molecule has 0 spiro atoms. The van der Waals surface area contributed by atoms with Gasteiger partial charge in [-0.25, -0.2) is 0 Å². The number of benzene rings is 1. The second kappa shape index (κ2) is 9.83. The maximum atomic E-state index is 13.2. The number of hydrogen-bond acceptors (Lipinski definition) is 6. The fourth-order valence-electron chi connectivity index (χ4n) is 3.57. The highest BCUT2D eigenvalue weighted by molar-refractivity contribution is 6.15. The van der Waals surface area contributed by atoms with Crippen molar-refractivity contribution < 1.29 is 23.8 Å². The third kappa shape index (κ3) is 4.99. The van der Waals surface area contributed by atoms with Crippen molar-refractivity contribution in [2.75, 3.05) is 33.8 Å². The van der Waals surface area contributed by atoms with Gasteiger partial charge in [0.15, 0.2) is 11.5 Å². The molecule has 166 valence electrons. The zero-order valence-corrected chi connectivity index (χ0v) is 18.6. The van der Waals surface area contributed by atoms with Crippen LogP contribution in [0.25, 0.3) is 0 Å². The summed E-state index contributed by atoms with van der Waals surface area (Å²) in [5.74, 6) is -0.232. The number of furan rings is 1. The lowest BCUT2D eigenvalue weighted by atomic mass is 9.95. The maximum absolute atomic E-state index is 13.2. The van der Waals surface area contributed by atoms with Gasteiger partial charge in [-0.15, -0.1) is 0 Å². The summed E-state index contributed by atoms with van der Waals surface area (Å²) in [7, 11) is 3.81. The van der Waals surface area contributed by atoms with Crippen LogP contribution in [0.15, 0.2) is 52.1 Å². The number of unbranched alkanes of at least 4 members (excludes halogenated alkanes) is 1. The third-order valence-corrected chi connectivity index (χ3v) is 5.24. The molecule has 0 radical (unpaired) electrons. The van der Waals surface area contributed by atoms with E-state index >= 15 is 0 Å². The van der Waals surface area contributed by atoms with Crippen LogP contribution in [-0.2, 0) is 4.79 Å². The number of ketones is 1. The van der Waals surface area contributed by atoms with Crippen molar-refractivity contribution in [2.45, 2.75) is 32.7 Å².